The fourth-order valence-electron chi connectivity index (χ4n) is 3.51. The Morgan fingerprint density at radius 3 is 2.32 bits per heavy atom. The maximum atomic E-state index is 13.2. The van der Waals surface area contributed by atoms with Gasteiger partial charge >= 0.3 is 6.03 Å². The summed E-state index contributed by atoms with van der Waals surface area (Å²) in [5.41, 5.74) is 0.165. The molecule has 2 fully saturated rings. The van der Waals surface area contributed by atoms with Crippen LogP contribution in [0.25, 0.3) is 0 Å². The van der Waals surface area contributed by atoms with E-state index in [2.05, 4.69) is 5.32 Å². The maximum absolute atomic E-state index is 13.2. The molecule has 4 rings (SSSR count). The largest absolute Gasteiger partial charge is 0.332 e. The van der Waals surface area contributed by atoms with Crippen LogP contribution in [0.3, 0.4) is 0 Å². The minimum Gasteiger partial charge on any atom is -0.332 e. The van der Waals surface area contributed by atoms with Crippen LogP contribution in [0.5, 0.6) is 0 Å². The summed E-state index contributed by atoms with van der Waals surface area (Å²) in [5, 5.41) is 3.07. The van der Waals surface area contributed by atoms with Gasteiger partial charge in [0, 0.05) is 11.6 Å². The molecular weight excluding hydrogens is 409 g/mol. The van der Waals surface area contributed by atoms with Crippen LogP contribution in [0.2, 0.25) is 5.02 Å². The summed E-state index contributed by atoms with van der Waals surface area (Å²) in [6.45, 7) is 0.0869. The molecular formula is C18H15ClFN3O4S. The molecule has 0 radical (unpaired) electrons. The highest BCUT2D eigenvalue weighted by Gasteiger charge is 2.52. The van der Waals surface area contributed by atoms with Gasteiger partial charge in [0.15, 0.2) is 0 Å². The number of benzene rings is 2. The molecule has 146 valence electrons. The van der Waals surface area contributed by atoms with Gasteiger partial charge in [-0.05, 0) is 55.0 Å². The summed E-state index contributed by atoms with van der Waals surface area (Å²) < 4.78 is 40.4. The number of halogens is 2. The number of hydrogen-bond donors (Lipinski definition) is 1. The maximum Gasteiger partial charge on any atom is 0.329 e. The van der Waals surface area contributed by atoms with Gasteiger partial charge in [-0.15, -0.1) is 0 Å². The number of carbonyl (C=O) groups is 2. The van der Waals surface area contributed by atoms with Crippen molar-refractivity contribution in [2.75, 3.05) is 11.4 Å². The predicted molar refractivity (Wildman–Crippen MR) is 100.0 cm³/mol. The van der Waals surface area contributed by atoms with Crippen molar-refractivity contribution in [1.82, 2.24) is 9.62 Å². The molecule has 2 atom stereocenters. The number of nitrogens with one attached hydrogen (secondary N) is 1. The van der Waals surface area contributed by atoms with E-state index in [1.54, 1.807) is 0 Å². The molecule has 0 spiro atoms. The third kappa shape index (κ3) is 3.05. The second-order valence-electron chi connectivity index (χ2n) is 6.51. The van der Waals surface area contributed by atoms with Crippen molar-refractivity contribution in [1.29, 1.82) is 0 Å². The van der Waals surface area contributed by atoms with E-state index in [-0.39, 0.29) is 17.1 Å². The summed E-state index contributed by atoms with van der Waals surface area (Å²) in [7, 11) is -3.97. The SMILES string of the molecule is O=C1NC2CCN(S(=O)(=O)c3ccc(Cl)cc3)C2C(=O)N1c1ccc(F)cc1. The first-order chi connectivity index (χ1) is 13.3. The van der Waals surface area contributed by atoms with Gasteiger partial charge in [0.1, 0.15) is 11.9 Å². The second-order valence-corrected chi connectivity index (χ2v) is 8.84. The predicted octanol–water partition coefficient (Wildman–Crippen LogP) is 2.37. The number of imide groups is 1. The number of nitrogens with zero attached hydrogens (tertiary/aromatic N) is 2. The molecule has 2 aliphatic heterocycles. The standard InChI is InChI=1S/C18H15ClFN3O4S/c19-11-1-7-14(8-2-11)28(26,27)22-10-9-15-16(22)17(24)23(18(25)21-15)13-5-3-12(20)4-6-13/h1-8,15-16H,9-10H2,(H,21,25). The number of rotatable bonds is 3. The van der Waals surface area contributed by atoms with E-state index in [1.165, 1.54) is 36.4 Å². The normalized spacial score (nSPS) is 22.9. The Bertz CT molecular complexity index is 1040. The topological polar surface area (TPSA) is 86.8 Å². The van der Waals surface area contributed by atoms with Crippen molar-refractivity contribution in [3.63, 3.8) is 0 Å². The molecule has 0 bridgehead atoms. The van der Waals surface area contributed by atoms with Crippen LogP contribution in [0, 0.1) is 5.82 Å². The van der Waals surface area contributed by atoms with Crippen molar-refractivity contribution < 1.29 is 22.4 Å². The Morgan fingerprint density at radius 2 is 1.68 bits per heavy atom. The van der Waals surface area contributed by atoms with Crippen LogP contribution in [-0.4, -0.2) is 43.3 Å². The van der Waals surface area contributed by atoms with E-state index >= 15 is 0 Å². The summed E-state index contributed by atoms with van der Waals surface area (Å²) in [6.07, 6.45) is 0.312. The van der Waals surface area contributed by atoms with Crippen molar-refractivity contribution in [3.05, 3.63) is 59.4 Å². The van der Waals surface area contributed by atoms with Gasteiger partial charge in [-0.1, -0.05) is 11.6 Å². The summed E-state index contributed by atoms with van der Waals surface area (Å²) >= 11 is 5.83. The molecule has 2 aromatic rings. The van der Waals surface area contributed by atoms with Crippen molar-refractivity contribution >= 4 is 39.2 Å². The first-order valence-corrected chi connectivity index (χ1v) is 10.3. The summed E-state index contributed by atoms with van der Waals surface area (Å²) in [4.78, 5) is 26.4. The number of amides is 3. The quantitative estimate of drug-likeness (QED) is 0.821. The number of fused-ring (bicyclic) bond motifs is 1. The van der Waals surface area contributed by atoms with Gasteiger partial charge in [-0.2, -0.15) is 4.31 Å². The zero-order valence-electron chi connectivity index (χ0n) is 14.4. The molecule has 0 aliphatic carbocycles. The number of carbonyl (C=O) groups excluding carboxylic acids is 2. The molecule has 1 N–H and O–H groups in total. The Morgan fingerprint density at radius 1 is 1.04 bits per heavy atom. The van der Waals surface area contributed by atoms with Crippen molar-refractivity contribution in [2.24, 2.45) is 0 Å². The molecule has 2 saturated heterocycles. The van der Waals surface area contributed by atoms with E-state index in [0.717, 1.165) is 21.3 Å². The minimum absolute atomic E-state index is 0.00980. The van der Waals surface area contributed by atoms with Gasteiger partial charge in [-0.25, -0.2) is 22.5 Å². The van der Waals surface area contributed by atoms with Gasteiger partial charge in [0.2, 0.25) is 10.0 Å². The Balaban J connectivity index is 1.70. The molecule has 0 aromatic heterocycles. The van der Waals surface area contributed by atoms with Gasteiger partial charge in [0.25, 0.3) is 5.91 Å². The van der Waals surface area contributed by atoms with Crippen molar-refractivity contribution in [3.8, 4) is 0 Å². The fourth-order valence-corrected chi connectivity index (χ4v) is 5.27. The molecule has 7 nitrogen and oxygen atoms in total. The number of anilines is 1. The third-order valence-corrected chi connectivity index (χ3v) is 6.99. The highest BCUT2D eigenvalue weighted by molar-refractivity contribution is 7.89. The molecule has 28 heavy (non-hydrogen) atoms. The van der Waals surface area contributed by atoms with Crippen LogP contribution in [0.4, 0.5) is 14.9 Å². The van der Waals surface area contributed by atoms with E-state index in [4.69, 9.17) is 11.6 Å². The molecule has 10 heteroatoms. The lowest BCUT2D eigenvalue weighted by atomic mass is 10.1. The smallest absolute Gasteiger partial charge is 0.329 e. The molecule has 2 aliphatic rings. The first kappa shape index (κ1) is 18.9. The van der Waals surface area contributed by atoms with Crippen LogP contribution in [0.1, 0.15) is 6.42 Å². The lowest BCUT2D eigenvalue weighted by Crippen LogP contribution is -2.64. The van der Waals surface area contributed by atoms with E-state index in [1.807, 2.05) is 0 Å². The molecule has 2 heterocycles. The Hall–Kier alpha value is -2.49. The lowest BCUT2D eigenvalue weighted by molar-refractivity contribution is -0.122. The average molecular weight is 424 g/mol. The van der Waals surface area contributed by atoms with Gasteiger partial charge in [-0.3, -0.25) is 4.79 Å². The first-order valence-electron chi connectivity index (χ1n) is 8.46. The Kier molecular flexibility index (Phi) is 4.60. The van der Waals surface area contributed by atoms with Crippen LogP contribution in [-0.2, 0) is 14.8 Å². The highest BCUT2D eigenvalue weighted by Crippen LogP contribution is 2.32. The van der Waals surface area contributed by atoms with E-state index in [0.29, 0.717) is 11.4 Å². The average Bonchev–Trinajstić information content (AvgIpc) is 3.08. The third-order valence-electron chi connectivity index (χ3n) is 4.84. The van der Waals surface area contributed by atoms with Gasteiger partial charge in [0.05, 0.1) is 16.6 Å². The second kappa shape index (κ2) is 6.84. The lowest BCUT2D eigenvalue weighted by Gasteiger charge is -2.36. The van der Waals surface area contributed by atoms with Gasteiger partial charge < -0.3 is 5.32 Å². The molecule has 3 amide bonds. The summed E-state index contributed by atoms with van der Waals surface area (Å²) in [5.74, 6) is -1.19. The highest BCUT2D eigenvalue weighted by atomic mass is 35.5. The summed E-state index contributed by atoms with van der Waals surface area (Å²) in [6, 6.07) is 8.11. The molecule has 2 unspecified atom stereocenters. The van der Waals surface area contributed by atoms with Crippen LogP contribution in [0.15, 0.2) is 53.4 Å². The minimum atomic E-state index is -3.97. The van der Waals surface area contributed by atoms with E-state index < -0.39 is 39.9 Å². The number of sulfonamides is 1. The monoisotopic (exact) mass is 423 g/mol. The van der Waals surface area contributed by atoms with Crippen molar-refractivity contribution in [2.45, 2.75) is 23.4 Å². The number of hydrogen-bond acceptors (Lipinski definition) is 4. The Labute approximate surface area is 165 Å². The fraction of sp³-hybridized carbons (Fsp3) is 0.222. The van der Waals surface area contributed by atoms with E-state index in [9.17, 15) is 22.4 Å². The van der Waals surface area contributed by atoms with Crippen LogP contribution >= 0.6 is 11.6 Å². The molecule has 2 aromatic carbocycles. The zero-order valence-corrected chi connectivity index (χ0v) is 16.0. The number of urea groups is 1. The zero-order chi connectivity index (χ0) is 20.1. The molecule has 0 saturated carbocycles. The van der Waals surface area contributed by atoms with Crippen LogP contribution < -0.4 is 10.2 Å².